The summed E-state index contributed by atoms with van der Waals surface area (Å²) in [6, 6.07) is 11.7. The van der Waals surface area contributed by atoms with E-state index in [1.54, 1.807) is 16.7 Å². The van der Waals surface area contributed by atoms with E-state index in [4.69, 9.17) is 4.74 Å². The molecule has 0 aliphatic carbocycles. The van der Waals surface area contributed by atoms with Crippen LogP contribution in [-0.2, 0) is 6.42 Å². The lowest BCUT2D eigenvalue weighted by molar-refractivity contribution is 0.371. The number of aromatic nitrogens is 2. The number of phenols is 1. The van der Waals surface area contributed by atoms with Crippen LogP contribution in [0.25, 0.3) is 22.3 Å². The van der Waals surface area contributed by atoms with Crippen LogP contribution < -0.4 is 14.8 Å². The van der Waals surface area contributed by atoms with E-state index in [2.05, 4.69) is 11.1 Å². The van der Waals surface area contributed by atoms with Crippen molar-refractivity contribution >= 4 is 22.4 Å². The molecule has 0 saturated heterocycles. The number of nitrogens with zero attached hydrogens (tertiary/aromatic N) is 2. The normalized spacial score (nSPS) is 12.0. The van der Waals surface area contributed by atoms with Crippen LogP contribution in [0.5, 0.6) is 11.5 Å². The minimum atomic E-state index is -0.100. The number of fused-ring (bicyclic) bond motifs is 1. The van der Waals surface area contributed by atoms with Gasteiger partial charge in [0.25, 0.3) is 5.56 Å². The average molecular weight is 392 g/mol. The summed E-state index contributed by atoms with van der Waals surface area (Å²) in [5.74, 6) is 0.550. The van der Waals surface area contributed by atoms with Crippen LogP contribution in [0.1, 0.15) is 23.6 Å². The maximum Gasteiger partial charge on any atom is 0.274 e. The fraction of sp³-hybridized carbons (Fsp3) is 0.182. The van der Waals surface area contributed by atoms with Gasteiger partial charge < -0.3 is 9.84 Å². The monoisotopic (exact) mass is 392 g/mol. The third-order valence-corrected chi connectivity index (χ3v) is 5.68. The second kappa shape index (κ2) is 7.13. The van der Waals surface area contributed by atoms with E-state index >= 15 is 0 Å². The van der Waals surface area contributed by atoms with Crippen molar-refractivity contribution < 1.29 is 9.84 Å². The zero-order valence-electron chi connectivity index (χ0n) is 15.9. The summed E-state index contributed by atoms with van der Waals surface area (Å²) in [6.07, 6.45) is 4.27. The Hall–Kier alpha value is -3.12. The van der Waals surface area contributed by atoms with Crippen molar-refractivity contribution in [3.63, 3.8) is 0 Å². The average Bonchev–Trinajstić information content (AvgIpc) is 3.23. The Bertz CT molecular complexity index is 1260. The highest BCUT2D eigenvalue weighted by molar-refractivity contribution is 7.15. The number of hydrogen-bond donors (Lipinski definition) is 1. The minimum absolute atomic E-state index is 0.100. The molecule has 0 atom stereocenters. The number of rotatable bonds is 4. The van der Waals surface area contributed by atoms with Crippen LogP contribution >= 0.6 is 11.3 Å². The first kappa shape index (κ1) is 18.3. The third kappa shape index (κ3) is 3.16. The summed E-state index contributed by atoms with van der Waals surface area (Å²) in [5.41, 5.74) is 4.43. The van der Waals surface area contributed by atoms with Gasteiger partial charge in [0, 0.05) is 11.8 Å². The van der Waals surface area contributed by atoms with E-state index in [1.165, 1.54) is 18.4 Å². The van der Waals surface area contributed by atoms with Gasteiger partial charge in [-0.1, -0.05) is 42.0 Å². The first-order chi connectivity index (χ1) is 13.5. The number of ether oxygens (including phenoxy) is 1. The summed E-state index contributed by atoms with van der Waals surface area (Å²) in [7, 11) is 1.52. The standard InChI is InChI=1S/C22H20N2O3S/c1-4-15-9-14(10-18(27-3)20(15)25)11-19-21(26)24-12-17(23-22(24)28-19)16-7-5-6-13(2)8-16/h5-12,25H,4H2,1-3H3/b19-11-. The van der Waals surface area contributed by atoms with Crippen molar-refractivity contribution in [1.82, 2.24) is 9.38 Å². The lowest BCUT2D eigenvalue weighted by atomic mass is 10.1. The number of imidazole rings is 1. The predicted molar refractivity (Wildman–Crippen MR) is 112 cm³/mol. The first-order valence-electron chi connectivity index (χ1n) is 9.00. The lowest BCUT2D eigenvalue weighted by Crippen LogP contribution is -2.22. The summed E-state index contributed by atoms with van der Waals surface area (Å²) in [6.45, 7) is 3.99. The number of methoxy groups -OCH3 is 1. The van der Waals surface area contributed by atoms with Gasteiger partial charge in [-0.05, 0) is 48.7 Å². The van der Waals surface area contributed by atoms with Crippen LogP contribution in [0.2, 0.25) is 0 Å². The predicted octanol–water partition coefficient (Wildman–Crippen LogP) is 3.56. The highest BCUT2D eigenvalue weighted by Crippen LogP contribution is 2.32. The number of benzene rings is 2. The van der Waals surface area contributed by atoms with Gasteiger partial charge in [0.2, 0.25) is 0 Å². The maximum atomic E-state index is 12.8. The Labute approximate surface area is 166 Å². The van der Waals surface area contributed by atoms with E-state index in [-0.39, 0.29) is 11.3 Å². The van der Waals surface area contributed by atoms with Crippen LogP contribution in [0.4, 0.5) is 0 Å². The fourth-order valence-corrected chi connectivity index (χ4v) is 4.18. The molecule has 0 aliphatic heterocycles. The SMILES string of the molecule is CCc1cc(/C=c2\sc3nc(-c4cccc(C)c4)cn3c2=O)cc(OC)c1O. The Morgan fingerprint density at radius 2 is 2.11 bits per heavy atom. The summed E-state index contributed by atoms with van der Waals surface area (Å²) in [4.78, 5) is 18.1. The van der Waals surface area contributed by atoms with Crippen LogP contribution in [0.3, 0.4) is 0 Å². The van der Waals surface area contributed by atoms with Gasteiger partial charge in [0.05, 0.1) is 17.3 Å². The molecule has 4 rings (SSSR count). The van der Waals surface area contributed by atoms with Gasteiger partial charge in [0.15, 0.2) is 16.5 Å². The largest absolute Gasteiger partial charge is 0.504 e. The molecule has 0 spiro atoms. The van der Waals surface area contributed by atoms with Crippen molar-refractivity contribution in [3.05, 3.63) is 74.2 Å². The van der Waals surface area contributed by atoms with Crippen molar-refractivity contribution in [3.8, 4) is 22.8 Å². The molecule has 2 heterocycles. The zero-order valence-corrected chi connectivity index (χ0v) is 16.7. The first-order valence-corrected chi connectivity index (χ1v) is 9.82. The summed E-state index contributed by atoms with van der Waals surface area (Å²) < 4.78 is 7.43. The lowest BCUT2D eigenvalue weighted by Gasteiger charge is -2.08. The van der Waals surface area contributed by atoms with Gasteiger partial charge in [-0.15, -0.1) is 0 Å². The molecular formula is C22H20N2O3S. The fourth-order valence-electron chi connectivity index (χ4n) is 3.23. The molecule has 2 aromatic carbocycles. The number of thiazole rings is 1. The molecule has 4 aromatic rings. The van der Waals surface area contributed by atoms with Crippen LogP contribution in [0, 0.1) is 6.92 Å². The highest BCUT2D eigenvalue weighted by atomic mass is 32.1. The zero-order chi connectivity index (χ0) is 19.8. The third-order valence-electron chi connectivity index (χ3n) is 4.69. The van der Waals surface area contributed by atoms with E-state index in [0.717, 1.165) is 27.9 Å². The molecule has 0 radical (unpaired) electrons. The molecule has 5 nitrogen and oxygen atoms in total. The number of aromatic hydroxyl groups is 1. The van der Waals surface area contributed by atoms with Crippen molar-refractivity contribution in [2.24, 2.45) is 0 Å². The van der Waals surface area contributed by atoms with Crippen LogP contribution in [0.15, 0.2) is 47.4 Å². The Kier molecular flexibility index (Phi) is 4.65. The molecule has 0 bridgehead atoms. The Balaban J connectivity index is 1.81. The second-order valence-corrected chi connectivity index (χ2v) is 7.66. The van der Waals surface area contributed by atoms with E-state index in [1.807, 2.05) is 44.2 Å². The number of phenolic OH excluding ortho intramolecular Hbond substituents is 1. The van der Waals surface area contributed by atoms with Crippen molar-refractivity contribution in [2.45, 2.75) is 20.3 Å². The van der Waals surface area contributed by atoms with Crippen molar-refractivity contribution in [1.29, 1.82) is 0 Å². The quantitative estimate of drug-likeness (QED) is 0.577. The summed E-state index contributed by atoms with van der Waals surface area (Å²) >= 11 is 1.35. The van der Waals surface area contributed by atoms with Gasteiger partial charge in [-0.25, -0.2) is 4.98 Å². The van der Waals surface area contributed by atoms with E-state index in [9.17, 15) is 9.90 Å². The summed E-state index contributed by atoms with van der Waals surface area (Å²) in [5, 5.41) is 10.2. The molecule has 0 amide bonds. The van der Waals surface area contributed by atoms with Crippen LogP contribution in [-0.4, -0.2) is 21.6 Å². The molecule has 28 heavy (non-hydrogen) atoms. The Morgan fingerprint density at radius 1 is 1.29 bits per heavy atom. The highest BCUT2D eigenvalue weighted by Gasteiger charge is 2.12. The van der Waals surface area contributed by atoms with E-state index < -0.39 is 0 Å². The smallest absolute Gasteiger partial charge is 0.274 e. The molecule has 1 N–H and O–H groups in total. The molecule has 0 unspecified atom stereocenters. The topological polar surface area (TPSA) is 63.8 Å². The minimum Gasteiger partial charge on any atom is -0.504 e. The molecule has 0 fully saturated rings. The Morgan fingerprint density at radius 3 is 2.79 bits per heavy atom. The molecule has 142 valence electrons. The van der Waals surface area contributed by atoms with Gasteiger partial charge >= 0.3 is 0 Å². The molecule has 0 aliphatic rings. The molecular weight excluding hydrogens is 372 g/mol. The number of aryl methyl sites for hydroxylation is 2. The molecule has 6 heteroatoms. The number of hydrogen-bond acceptors (Lipinski definition) is 5. The van der Waals surface area contributed by atoms with Gasteiger partial charge in [-0.2, -0.15) is 0 Å². The molecule has 0 saturated carbocycles. The second-order valence-electron chi connectivity index (χ2n) is 6.65. The van der Waals surface area contributed by atoms with Gasteiger partial charge in [-0.3, -0.25) is 9.20 Å². The van der Waals surface area contributed by atoms with E-state index in [0.29, 0.717) is 21.7 Å². The van der Waals surface area contributed by atoms with Gasteiger partial charge in [0.1, 0.15) is 0 Å². The van der Waals surface area contributed by atoms with Crippen molar-refractivity contribution in [2.75, 3.05) is 7.11 Å². The molecule has 2 aromatic heterocycles. The maximum absolute atomic E-state index is 12.8.